The maximum Gasteiger partial charge on any atom is 0.159 e. The third kappa shape index (κ3) is 4.30. The zero-order valence-electron chi connectivity index (χ0n) is 20.2. The van der Waals surface area contributed by atoms with Crippen LogP contribution in [0.5, 0.6) is 0 Å². The fourth-order valence-corrected chi connectivity index (χ4v) is 5.80. The molecule has 3 aliphatic rings. The van der Waals surface area contributed by atoms with Gasteiger partial charge in [0.25, 0.3) is 0 Å². The van der Waals surface area contributed by atoms with Gasteiger partial charge in [-0.15, -0.1) is 0 Å². The van der Waals surface area contributed by atoms with Crippen molar-refractivity contribution in [3.63, 3.8) is 0 Å². The summed E-state index contributed by atoms with van der Waals surface area (Å²) in [4.78, 5) is 12.0. The smallest absolute Gasteiger partial charge is 0.159 e. The summed E-state index contributed by atoms with van der Waals surface area (Å²) in [6.07, 6.45) is 6.52. The number of nitrogens with one attached hydrogen (secondary N) is 1. The first-order valence-electron chi connectivity index (χ1n) is 12.6. The van der Waals surface area contributed by atoms with Crippen LogP contribution in [-0.2, 0) is 9.47 Å². The Morgan fingerprint density at radius 2 is 1.76 bits per heavy atom. The molecule has 3 fully saturated rings. The molecule has 5 heterocycles. The SMILES string of the molecule is Cc1nc(NC2CCOC2)cc(-n2ncc3cc(C)c(C4CCN(C5CCOC5)CC4)cc32)n1. The first-order chi connectivity index (χ1) is 16.6. The lowest BCUT2D eigenvalue weighted by molar-refractivity contribution is 0.122. The average molecular weight is 463 g/mol. The summed E-state index contributed by atoms with van der Waals surface area (Å²) in [5.41, 5.74) is 3.92. The number of nitrogens with zero attached hydrogens (tertiary/aromatic N) is 5. The first kappa shape index (κ1) is 21.9. The largest absolute Gasteiger partial charge is 0.380 e. The summed E-state index contributed by atoms with van der Waals surface area (Å²) in [5, 5.41) is 9.37. The maximum atomic E-state index is 5.62. The molecule has 0 spiro atoms. The maximum absolute atomic E-state index is 5.62. The summed E-state index contributed by atoms with van der Waals surface area (Å²) < 4.78 is 13.1. The van der Waals surface area contributed by atoms with Crippen LogP contribution in [0.2, 0.25) is 0 Å². The van der Waals surface area contributed by atoms with E-state index < -0.39 is 0 Å². The number of piperidine rings is 1. The molecule has 3 aliphatic heterocycles. The second kappa shape index (κ2) is 9.24. The van der Waals surface area contributed by atoms with Crippen molar-refractivity contribution in [1.82, 2.24) is 24.6 Å². The molecule has 3 saturated heterocycles. The van der Waals surface area contributed by atoms with E-state index in [-0.39, 0.29) is 0 Å². The highest BCUT2D eigenvalue weighted by Gasteiger charge is 2.29. The Balaban J connectivity index is 1.27. The van der Waals surface area contributed by atoms with Gasteiger partial charge in [-0.1, -0.05) is 0 Å². The first-order valence-corrected chi connectivity index (χ1v) is 12.6. The van der Waals surface area contributed by atoms with Crippen molar-refractivity contribution in [1.29, 1.82) is 0 Å². The summed E-state index contributed by atoms with van der Waals surface area (Å²) in [7, 11) is 0. The van der Waals surface area contributed by atoms with Gasteiger partial charge < -0.3 is 14.8 Å². The molecule has 0 bridgehead atoms. The number of aryl methyl sites for hydroxylation is 2. The van der Waals surface area contributed by atoms with Gasteiger partial charge in [0.1, 0.15) is 11.6 Å². The quantitative estimate of drug-likeness (QED) is 0.621. The van der Waals surface area contributed by atoms with E-state index in [1.807, 2.05) is 23.9 Å². The van der Waals surface area contributed by atoms with Gasteiger partial charge in [-0.25, -0.2) is 14.6 Å². The Kier molecular flexibility index (Phi) is 5.97. The van der Waals surface area contributed by atoms with E-state index in [0.717, 1.165) is 74.3 Å². The van der Waals surface area contributed by atoms with Gasteiger partial charge in [0.2, 0.25) is 0 Å². The Labute approximate surface area is 200 Å². The van der Waals surface area contributed by atoms with E-state index in [4.69, 9.17) is 19.6 Å². The molecule has 1 aromatic carbocycles. The fourth-order valence-electron chi connectivity index (χ4n) is 5.80. The average Bonchev–Trinajstić information content (AvgIpc) is 3.60. The third-order valence-corrected chi connectivity index (χ3v) is 7.67. The fraction of sp³-hybridized carbons (Fsp3) is 0.577. The molecular weight excluding hydrogens is 428 g/mol. The van der Waals surface area contributed by atoms with E-state index in [0.29, 0.717) is 18.0 Å². The van der Waals surface area contributed by atoms with Crippen LogP contribution in [0.25, 0.3) is 16.7 Å². The summed E-state index contributed by atoms with van der Waals surface area (Å²) in [6, 6.07) is 7.55. The topological polar surface area (TPSA) is 77.3 Å². The molecule has 0 radical (unpaired) electrons. The van der Waals surface area contributed by atoms with Crippen molar-refractivity contribution in [2.45, 2.75) is 57.5 Å². The van der Waals surface area contributed by atoms with Crippen molar-refractivity contribution < 1.29 is 9.47 Å². The lowest BCUT2D eigenvalue weighted by Crippen LogP contribution is -2.41. The highest BCUT2D eigenvalue weighted by molar-refractivity contribution is 5.82. The summed E-state index contributed by atoms with van der Waals surface area (Å²) in [6.45, 7) is 9.82. The van der Waals surface area contributed by atoms with Crippen LogP contribution < -0.4 is 5.32 Å². The summed E-state index contributed by atoms with van der Waals surface area (Å²) in [5.74, 6) is 2.95. The van der Waals surface area contributed by atoms with Gasteiger partial charge in [0.15, 0.2) is 5.82 Å². The van der Waals surface area contributed by atoms with Gasteiger partial charge in [-0.2, -0.15) is 5.10 Å². The zero-order chi connectivity index (χ0) is 23.1. The monoisotopic (exact) mass is 462 g/mol. The van der Waals surface area contributed by atoms with Crippen molar-refractivity contribution in [2.24, 2.45) is 0 Å². The molecule has 6 rings (SSSR count). The van der Waals surface area contributed by atoms with Crippen LogP contribution in [0.1, 0.15) is 48.6 Å². The minimum Gasteiger partial charge on any atom is -0.380 e. The van der Waals surface area contributed by atoms with Crippen molar-refractivity contribution in [2.75, 3.05) is 44.8 Å². The van der Waals surface area contributed by atoms with Gasteiger partial charge in [-0.05, 0) is 81.8 Å². The van der Waals surface area contributed by atoms with Gasteiger partial charge >= 0.3 is 0 Å². The summed E-state index contributed by atoms with van der Waals surface area (Å²) >= 11 is 0. The lowest BCUT2D eigenvalue weighted by atomic mass is 9.86. The molecule has 0 aliphatic carbocycles. The second-order valence-electron chi connectivity index (χ2n) is 10.0. The number of benzene rings is 1. The molecule has 1 N–H and O–H groups in total. The van der Waals surface area contributed by atoms with Gasteiger partial charge in [-0.3, -0.25) is 4.90 Å². The van der Waals surface area contributed by atoms with Crippen LogP contribution in [-0.4, -0.2) is 76.2 Å². The normalized spacial score (nSPS) is 24.3. The number of likely N-dealkylation sites (tertiary alicyclic amines) is 1. The number of hydrogen-bond donors (Lipinski definition) is 1. The van der Waals surface area contributed by atoms with Crippen LogP contribution in [0.3, 0.4) is 0 Å². The van der Waals surface area contributed by atoms with Crippen LogP contribution >= 0.6 is 0 Å². The van der Waals surface area contributed by atoms with Crippen LogP contribution in [0, 0.1) is 13.8 Å². The molecule has 2 aromatic heterocycles. The van der Waals surface area contributed by atoms with E-state index in [1.165, 1.54) is 30.4 Å². The molecule has 34 heavy (non-hydrogen) atoms. The minimum absolute atomic E-state index is 0.299. The van der Waals surface area contributed by atoms with E-state index in [1.54, 1.807) is 0 Å². The highest BCUT2D eigenvalue weighted by Crippen LogP contribution is 2.34. The van der Waals surface area contributed by atoms with Gasteiger partial charge in [0.05, 0.1) is 31.0 Å². The molecular formula is C26H34N6O2. The third-order valence-electron chi connectivity index (χ3n) is 7.67. The highest BCUT2D eigenvalue weighted by atomic mass is 16.5. The molecule has 3 aromatic rings. The number of fused-ring (bicyclic) bond motifs is 1. The number of rotatable bonds is 5. The van der Waals surface area contributed by atoms with Crippen LogP contribution in [0.4, 0.5) is 5.82 Å². The second-order valence-corrected chi connectivity index (χ2v) is 10.0. The molecule has 2 atom stereocenters. The Morgan fingerprint density at radius 3 is 2.53 bits per heavy atom. The molecule has 2 unspecified atom stereocenters. The van der Waals surface area contributed by atoms with Gasteiger partial charge in [0, 0.05) is 30.7 Å². The predicted molar refractivity (Wildman–Crippen MR) is 132 cm³/mol. The van der Waals surface area contributed by atoms with Crippen molar-refractivity contribution in [3.8, 4) is 5.82 Å². The Morgan fingerprint density at radius 1 is 0.941 bits per heavy atom. The molecule has 0 saturated carbocycles. The van der Waals surface area contributed by atoms with Crippen LogP contribution in [0.15, 0.2) is 24.4 Å². The molecule has 180 valence electrons. The van der Waals surface area contributed by atoms with Crippen molar-refractivity contribution in [3.05, 3.63) is 41.3 Å². The predicted octanol–water partition coefficient (Wildman–Crippen LogP) is 3.60. The Hall–Kier alpha value is -2.55. The lowest BCUT2D eigenvalue weighted by Gasteiger charge is -2.36. The number of aromatic nitrogens is 4. The van der Waals surface area contributed by atoms with E-state index >= 15 is 0 Å². The zero-order valence-corrected chi connectivity index (χ0v) is 20.2. The Bertz CT molecular complexity index is 1160. The van der Waals surface area contributed by atoms with E-state index in [2.05, 4.69) is 34.3 Å². The van der Waals surface area contributed by atoms with Crippen molar-refractivity contribution >= 4 is 16.7 Å². The number of ether oxygens (including phenoxy) is 2. The minimum atomic E-state index is 0.299. The number of hydrogen-bond acceptors (Lipinski definition) is 7. The number of anilines is 1. The van der Waals surface area contributed by atoms with E-state index in [9.17, 15) is 0 Å². The molecule has 0 amide bonds. The molecule has 8 heteroatoms. The standard InChI is InChI=1S/C26H34N6O2/c1-17-11-20-14-27-32(26-13-25(28-18(2)29-26)30-21-5-9-33-15-21)24(20)12-23(17)19-3-7-31(8-4-19)22-6-10-34-16-22/h11-14,19,21-22H,3-10,15-16H2,1-2H3,(H,28,29,30). The molecule has 8 nitrogen and oxygen atoms in total.